The van der Waals surface area contributed by atoms with Crippen LogP contribution in [0.4, 0.5) is 5.13 Å². The van der Waals surface area contributed by atoms with Crippen LogP contribution in [0.5, 0.6) is 5.75 Å². The molecule has 3 rings (SSSR count). The molecule has 31 heavy (non-hydrogen) atoms. The van der Waals surface area contributed by atoms with Crippen LogP contribution >= 0.6 is 11.5 Å². The first-order chi connectivity index (χ1) is 15.0. The third-order valence-corrected chi connectivity index (χ3v) is 7.79. The monoisotopic (exact) mass is 460 g/mol. The van der Waals surface area contributed by atoms with Crippen molar-refractivity contribution in [3.63, 3.8) is 0 Å². The van der Waals surface area contributed by atoms with Gasteiger partial charge in [-0.25, -0.2) is 13.4 Å². The summed E-state index contributed by atoms with van der Waals surface area (Å²) >= 11 is 1.35. The molecule has 0 amide bonds. The maximum atomic E-state index is 13.0. The maximum Gasteiger partial charge on any atom is 0.243 e. The van der Waals surface area contributed by atoms with E-state index in [4.69, 9.17) is 4.74 Å². The molecule has 0 fully saturated rings. The summed E-state index contributed by atoms with van der Waals surface area (Å²) in [6.07, 6.45) is 0.682. The molecule has 2 aromatic carbocycles. The van der Waals surface area contributed by atoms with E-state index >= 15 is 0 Å². The normalized spacial score (nSPS) is 11.6. The number of methoxy groups -OCH3 is 1. The van der Waals surface area contributed by atoms with Crippen molar-refractivity contribution >= 4 is 26.7 Å². The summed E-state index contributed by atoms with van der Waals surface area (Å²) in [5.74, 6) is 1.41. The van der Waals surface area contributed by atoms with Crippen LogP contribution in [0.15, 0.2) is 59.5 Å². The fourth-order valence-corrected chi connectivity index (χ4v) is 5.40. The lowest BCUT2D eigenvalue weighted by Gasteiger charge is -2.25. The van der Waals surface area contributed by atoms with Gasteiger partial charge in [0, 0.05) is 44.1 Å². The molecule has 166 valence electrons. The molecule has 1 aromatic heterocycles. The average Bonchev–Trinajstić information content (AvgIpc) is 3.25. The van der Waals surface area contributed by atoms with Crippen molar-refractivity contribution in [2.75, 3.05) is 38.2 Å². The summed E-state index contributed by atoms with van der Waals surface area (Å²) in [7, 11) is -2.02. The highest BCUT2D eigenvalue weighted by molar-refractivity contribution is 7.89. The first-order valence-electron chi connectivity index (χ1n) is 10.2. The molecule has 0 unspecified atom stereocenters. The fourth-order valence-electron chi connectivity index (χ4n) is 3.19. The van der Waals surface area contributed by atoms with Gasteiger partial charge in [-0.15, -0.1) is 0 Å². The molecule has 0 N–H and O–H groups in total. The Hall–Kier alpha value is -2.49. The zero-order valence-corrected chi connectivity index (χ0v) is 19.7. The minimum atomic E-state index is -3.58. The number of benzene rings is 2. The molecule has 3 aromatic rings. The molecule has 0 aliphatic rings. The second-order valence-corrected chi connectivity index (χ2v) is 9.58. The number of hydrogen-bond acceptors (Lipinski definition) is 7. The van der Waals surface area contributed by atoms with Gasteiger partial charge in [-0.1, -0.05) is 37.3 Å². The van der Waals surface area contributed by atoms with Crippen LogP contribution in [-0.2, 0) is 16.4 Å². The smallest absolute Gasteiger partial charge is 0.243 e. The highest BCUT2D eigenvalue weighted by Crippen LogP contribution is 2.21. The van der Waals surface area contributed by atoms with Crippen LogP contribution in [0.25, 0.3) is 0 Å². The number of nitrogens with zero attached hydrogens (tertiary/aromatic N) is 4. The van der Waals surface area contributed by atoms with E-state index in [2.05, 4.69) is 26.4 Å². The molecule has 0 aliphatic heterocycles. The molecule has 0 radical (unpaired) electrons. The number of hydrogen-bond donors (Lipinski definition) is 0. The lowest BCUT2D eigenvalue weighted by Crippen LogP contribution is -2.38. The summed E-state index contributed by atoms with van der Waals surface area (Å²) in [5.41, 5.74) is 1.16. The molecule has 0 atom stereocenters. The van der Waals surface area contributed by atoms with E-state index in [0.717, 1.165) is 23.1 Å². The Morgan fingerprint density at radius 2 is 1.68 bits per heavy atom. The van der Waals surface area contributed by atoms with Crippen molar-refractivity contribution in [2.24, 2.45) is 0 Å². The van der Waals surface area contributed by atoms with E-state index in [1.807, 2.05) is 32.0 Å². The van der Waals surface area contributed by atoms with Gasteiger partial charge in [0.15, 0.2) is 0 Å². The lowest BCUT2D eigenvalue weighted by atomic mass is 10.1. The van der Waals surface area contributed by atoms with Crippen molar-refractivity contribution in [2.45, 2.75) is 25.2 Å². The molecule has 0 spiro atoms. The number of likely N-dealkylation sites (N-methyl/N-ethyl adjacent to an activating group) is 2. The zero-order chi connectivity index (χ0) is 22.3. The van der Waals surface area contributed by atoms with Gasteiger partial charge in [-0.2, -0.15) is 8.68 Å². The largest absolute Gasteiger partial charge is 0.497 e. The molecule has 0 saturated heterocycles. The predicted octanol–water partition coefficient (Wildman–Crippen LogP) is 3.67. The molecule has 1 heterocycles. The van der Waals surface area contributed by atoms with E-state index in [-0.39, 0.29) is 4.90 Å². The van der Waals surface area contributed by atoms with Crippen molar-refractivity contribution < 1.29 is 13.2 Å². The summed E-state index contributed by atoms with van der Waals surface area (Å²) in [4.78, 5) is 7.00. The van der Waals surface area contributed by atoms with Crippen LogP contribution in [0.3, 0.4) is 0 Å². The van der Waals surface area contributed by atoms with Crippen molar-refractivity contribution in [1.29, 1.82) is 0 Å². The topological polar surface area (TPSA) is 75.6 Å². The van der Waals surface area contributed by atoms with Gasteiger partial charge in [-0.05, 0) is 36.8 Å². The standard InChI is InChI=1S/C22H28N4O3S2/c1-4-25(22-23-21(24-30-22)17-18-9-7-6-8-10-18)15-16-26(5-2)31(27,28)20-13-11-19(29-3)12-14-20/h6-14H,4-5,15-17H2,1-3H3. The highest BCUT2D eigenvalue weighted by atomic mass is 32.2. The highest BCUT2D eigenvalue weighted by Gasteiger charge is 2.24. The summed E-state index contributed by atoms with van der Waals surface area (Å²) in [6, 6.07) is 16.6. The number of aromatic nitrogens is 2. The third kappa shape index (κ3) is 5.81. The van der Waals surface area contributed by atoms with Crippen LogP contribution in [0, 0.1) is 0 Å². The van der Waals surface area contributed by atoms with Gasteiger partial charge in [0.1, 0.15) is 11.6 Å². The Morgan fingerprint density at radius 1 is 0.968 bits per heavy atom. The summed E-state index contributed by atoms with van der Waals surface area (Å²) in [5, 5.41) is 0.811. The van der Waals surface area contributed by atoms with Crippen molar-refractivity contribution in [3.05, 3.63) is 66.0 Å². The Balaban J connectivity index is 1.67. The van der Waals surface area contributed by atoms with Gasteiger partial charge in [0.05, 0.1) is 12.0 Å². The minimum Gasteiger partial charge on any atom is -0.497 e. The molecular formula is C22H28N4O3S2. The van der Waals surface area contributed by atoms with E-state index < -0.39 is 10.0 Å². The Kier molecular flexibility index (Phi) is 8.00. The number of ether oxygens (including phenoxy) is 1. The van der Waals surface area contributed by atoms with Crippen molar-refractivity contribution in [3.8, 4) is 5.75 Å². The van der Waals surface area contributed by atoms with E-state index in [1.54, 1.807) is 31.4 Å². The van der Waals surface area contributed by atoms with Gasteiger partial charge >= 0.3 is 0 Å². The lowest BCUT2D eigenvalue weighted by molar-refractivity contribution is 0.413. The van der Waals surface area contributed by atoms with Crippen LogP contribution < -0.4 is 9.64 Å². The maximum absolute atomic E-state index is 13.0. The van der Waals surface area contributed by atoms with E-state index in [1.165, 1.54) is 15.8 Å². The van der Waals surface area contributed by atoms with Gasteiger partial charge < -0.3 is 9.64 Å². The zero-order valence-electron chi connectivity index (χ0n) is 18.1. The van der Waals surface area contributed by atoms with Crippen LogP contribution in [0.2, 0.25) is 0 Å². The average molecular weight is 461 g/mol. The first kappa shape index (κ1) is 23.2. The Labute approximate surface area is 188 Å². The second-order valence-electron chi connectivity index (χ2n) is 6.91. The fraction of sp³-hybridized carbons (Fsp3) is 0.364. The molecule has 0 bridgehead atoms. The molecular weight excluding hydrogens is 432 g/mol. The van der Waals surface area contributed by atoms with Crippen LogP contribution in [-0.4, -0.2) is 55.4 Å². The van der Waals surface area contributed by atoms with Crippen LogP contribution in [0.1, 0.15) is 25.2 Å². The van der Waals surface area contributed by atoms with E-state index in [9.17, 15) is 8.42 Å². The summed E-state index contributed by atoms with van der Waals surface area (Å²) < 4.78 is 37.2. The number of anilines is 1. The van der Waals surface area contributed by atoms with Gasteiger partial charge in [0.2, 0.25) is 15.2 Å². The molecule has 9 heteroatoms. The molecule has 0 aliphatic carbocycles. The third-order valence-electron chi connectivity index (χ3n) is 4.98. The van der Waals surface area contributed by atoms with Gasteiger partial charge in [-0.3, -0.25) is 0 Å². The SMILES string of the molecule is CCN(CCN(CC)S(=O)(=O)c1ccc(OC)cc1)c1nc(Cc2ccccc2)ns1. The summed E-state index contributed by atoms with van der Waals surface area (Å²) in [6.45, 7) is 5.90. The van der Waals surface area contributed by atoms with Gasteiger partial charge in [0.25, 0.3) is 0 Å². The Bertz CT molecular complexity index is 1050. The minimum absolute atomic E-state index is 0.263. The number of rotatable bonds is 11. The second kappa shape index (κ2) is 10.7. The Morgan fingerprint density at radius 3 is 2.29 bits per heavy atom. The quantitative estimate of drug-likeness (QED) is 0.435. The molecule has 0 saturated carbocycles. The first-order valence-corrected chi connectivity index (χ1v) is 12.4. The predicted molar refractivity (Wildman–Crippen MR) is 124 cm³/mol. The van der Waals surface area contributed by atoms with E-state index in [0.29, 0.717) is 31.8 Å². The number of sulfonamides is 1. The molecule has 7 nitrogen and oxygen atoms in total. The van der Waals surface area contributed by atoms with Crippen molar-refractivity contribution in [1.82, 2.24) is 13.7 Å².